The Bertz CT molecular complexity index is 219. The minimum Gasteiger partial charge on any atom is -0.387 e. The smallest absolute Gasteiger partial charge is 0.0968 e. The second kappa shape index (κ2) is 6.04. The molecule has 1 heterocycles. The standard InChI is InChI=1S/C11H20N2S2/c12-11(9-3-1-2-4-9)13-7-10-8-14-5-6-15-10/h9-10H,1-8H2,(H2,12,13). The molecule has 1 saturated carbocycles. The van der Waals surface area contributed by atoms with Crippen LogP contribution in [-0.4, -0.2) is 34.9 Å². The van der Waals surface area contributed by atoms with Gasteiger partial charge in [-0.25, -0.2) is 0 Å². The summed E-state index contributed by atoms with van der Waals surface area (Å²) in [4.78, 5) is 4.59. The van der Waals surface area contributed by atoms with Crippen molar-refractivity contribution >= 4 is 29.4 Å². The molecule has 1 aliphatic carbocycles. The highest BCUT2D eigenvalue weighted by Gasteiger charge is 2.19. The minimum absolute atomic E-state index is 0.603. The predicted octanol–water partition coefficient (Wildman–Crippen LogP) is 2.38. The van der Waals surface area contributed by atoms with Gasteiger partial charge >= 0.3 is 0 Å². The Morgan fingerprint density at radius 2 is 2.07 bits per heavy atom. The lowest BCUT2D eigenvalue weighted by Crippen LogP contribution is -2.25. The van der Waals surface area contributed by atoms with Crippen LogP contribution in [0.5, 0.6) is 0 Å². The fourth-order valence-corrected chi connectivity index (χ4v) is 4.78. The molecule has 2 rings (SSSR count). The van der Waals surface area contributed by atoms with E-state index in [1.165, 1.54) is 42.9 Å². The van der Waals surface area contributed by atoms with Crippen molar-refractivity contribution in [2.75, 3.05) is 23.8 Å². The maximum Gasteiger partial charge on any atom is 0.0968 e. The number of rotatable bonds is 3. The molecule has 1 aliphatic heterocycles. The van der Waals surface area contributed by atoms with Crippen LogP contribution in [0.15, 0.2) is 4.99 Å². The third kappa shape index (κ3) is 3.59. The Labute approximate surface area is 101 Å². The van der Waals surface area contributed by atoms with Gasteiger partial charge in [-0.1, -0.05) is 12.8 Å². The van der Waals surface area contributed by atoms with Gasteiger partial charge in [0.05, 0.1) is 12.4 Å². The highest BCUT2D eigenvalue weighted by molar-refractivity contribution is 8.06. The largest absolute Gasteiger partial charge is 0.387 e. The number of nitrogens with two attached hydrogens (primary N) is 1. The molecule has 0 bridgehead atoms. The molecule has 0 radical (unpaired) electrons. The lowest BCUT2D eigenvalue weighted by Gasteiger charge is -2.19. The third-order valence-electron chi connectivity index (χ3n) is 3.14. The lowest BCUT2D eigenvalue weighted by molar-refractivity contribution is 0.715. The van der Waals surface area contributed by atoms with Crippen molar-refractivity contribution < 1.29 is 0 Å². The van der Waals surface area contributed by atoms with Crippen LogP contribution in [0.3, 0.4) is 0 Å². The van der Waals surface area contributed by atoms with E-state index in [2.05, 4.69) is 28.5 Å². The summed E-state index contributed by atoms with van der Waals surface area (Å²) >= 11 is 4.12. The van der Waals surface area contributed by atoms with E-state index in [0.29, 0.717) is 11.2 Å². The predicted molar refractivity (Wildman–Crippen MR) is 72.0 cm³/mol. The molecule has 0 amide bonds. The van der Waals surface area contributed by atoms with Crippen molar-refractivity contribution in [3.05, 3.63) is 0 Å². The molecule has 0 aromatic rings. The van der Waals surface area contributed by atoms with Crippen molar-refractivity contribution in [3.63, 3.8) is 0 Å². The van der Waals surface area contributed by atoms with Crippen LogP contribution >= 0.6 is 23.5 Å². The van der Waals surface area contributed by atoms with Gasteiger partial charge in [-0.15, -0.1) is 0 Å². The fraction of sp³-hybridized carbons (Fsp3) is 0.909. The van der Waals surface area contributed by atoms with E-state index in [-0.39, 0.29) is 0 Å². The van der Waals surface area contributed by atoms with Crippen molar-refractivity contribution in [2.45, 2.75) is 30.9 Å². The summed E-state index contributed by atoms with van der Waals surface area (Å²) < 4.78 is 0. The fourth-order valence-electron chi connectivity index (χ4n) is 2.20. The highest BCUT2D eigenvalue weighted by atomic mass is 32.2. The van der Waals surface area contributed by atoms with Crippen LogP contribution < -0.4 is 5.73 Å². The van der Waals surface area contributed by atoms with E-state index < -0.39 is 0 Å². The van der Waals surface area contributed by atoms with Crippen molar-refractivity contribution in [3.8, 4) is 0 Å². The van der Waals surface area contributed by atoms with Gasteiger partial charge in [0.25, 0.3) is 0 Å². The summed E-state index contributed by atoms with van der Waals surface area (Å²) in [7, 11) is 0. The maximum atomic E-state index is 6.03. The first-order valence-electron chi connectivity index (χ1n) is 5.85. The van der Waals surface area contributed by atoms with Crippen LogP contribution in [0.1, 0.15) is 25.7 Å². The summed E-state index contributed by atoms with van der Waals surface area (Å²) in [5.74, 6) is 5.39. The maximum absolute atomic E-state index is 6.03. The van der Waals surface area contributed by atoms with E-state index in [4.69, 9.17) is 5.73 Å². The number of hydrogen-bond acceptors (Lipinski definition) is 3. The molecule has 15 heavy (non-hydrogen) atoms. The molecule has 86 valence electrons. The zero-order valence-corrected chi connectivity index (χ0v) is 10.8. The van der Waals surface area contributed by atoms with Crippen molar-refractivity contribution in [1.82, 2.24) is 0 Å². The second-order valence-corrected chi connectivity index (χ2v) is 6.87. The van der Waals surface area contributed by atoms with E-state index in [1.54, 1.807) is 0 Å². The zero-order chi connectivity index (χ0) is 10.5. The van der Waals surface area contributed by atoms with Crippen molar-refractivity contribution in [1.29, 1.82) is 0 Å². The Morgan fingerprint density at radius 1 is 1.27 bits per heavy atom. The van der Waals surface area contributed by atoms with Gasteiger partial charge in [0, 0.05) is 28.4 Å². The van der Waals surface area contributed by atoms with Crippen LogP contribution in [0.2, 0.25) is 0 Å². The molecule has 4 heteroatoms. The highest BCUT2D eigenvalue weighted by Crippen LogP contribution is 2.26. The molecular formula is C11H20N2S2. The van der Waals surface area contributed by atoms with Gasteiger partial charge < -0.3 is 5.73 Å². The average Bonchev–Trinajstić information content (AvgIpc) is 2.81. The van der Waals surface area contributed by atoms with Crippen LogP contribution in [0.25, 0.3) is 0 Å². The van der Waals surface area contributed by atoms with Gasteiger partial charge in [0.15, 0.2) is 0 Å². The number of nitrogens with zero attached hydrogens (tertiary/aromatic N) is 1. The summed E-state index contributed by atoms with van der Waals surface area (Å²) in [6.45, 7) is 0.944. The number of thioether (sulfide) groups is 2. The molecule has 0 spiro atoms. The molecule has 2 N–H and O–H groups in total. The van der Waals surface area contributed by atoms with Gasteiger partial charge in [-0.3, -0.25) is 4.99 Å². The first-order valence-corrected chi connectivity index (χ1v) is 8.06. The Hall–Kier alpha value is 0.170. The second-order valence-electron chi connectivity index (χ2n) is 4.31. The molecule has 2 fully saturated rings. The van der Waals surface area contributed by atoms with E-state index in [0.717, 1.165) is 12.4 Å². The number of aliphatic imine (C=N–C) groups is 1. The summed E-state index contributed by atoms with van der Waals surface area (Å²) in [5, 5.41) is 0.712. The van der Waals surface area contributed by atoms with E-state index in [9.17, 15) is 0 Å². The lowest BCUT2D eigenvalue weighted by atomic mass is 10.1. The Morgan fingerprint density at radius 3 is 2.73 bits per heavy atom. The minimum atomic E-state index is 0.603. The monoisotopic (exact) mass is 244 g/mol. The van der Waals surface area contributed by atoms with Gasteiger partial charge in [0.2, 0.25) is 0 Å². The average molecular weight is 244 g/mol. The summed E-state index contributed by atoms with van der Waals surface area (Å²) in [5.41, 5.74) is 6.03. The number of hydrogen-bond donors (Lipinski definition) is 1. The van der Waals surface area contributed by atoms with Crippen LogP contribution in [-0.2, 0) is 0 Å². The summed E-state index contributed by atoms with van der Waals surface area (Å²) in [6, 6.07) is 0. The molecule has 2 nitrogen and oxygen atoms in total. The Balaban J connectivity index is 1.76. The normalized spacial score (nSPS) is 29.6. The third-order valence-corrected chi connectivity index (χ3v) is 5.96. The quantitative estimate of drug-likeness (QED) is 0.612. The first-order chi connectivity index (χ1) is 7.36. The Kier molecular flexibility index (Phi) is 4.69. The van der Waals surface area contributed by atoms with E-state index in [1.807, 2.05) is 0 Å². The van der Waals surface area contributed by atoms with Gasteiger partial charge in [0.1, 0.15) is 0 Å². The zero-order valence-electron chi connectivity index (χ0n) is 9.15. The molecule has 1 saturated heterocycles. The van der Waals surface area contributed by atoms with E-state index >= 15 is 0 Å². The number of amidine groups is 1. The topological polar surface area (TPSA) is 38.4 Å². The van der Waals surface area contributed by atoms with Crippen LogP contribution in [0.4, 0.5) is 0 Å². The molecule has 1 unspecified atom stereocenters. The molecule has 2 aliphatic rings. The summed E-state index contributed by atoms with van der Waals surface area (Å²) in [6.07, 6.45) is 5.22. The molecule has 0 aromatic heterocycles. The molecule has 1 atom stereocenters. The van der Waals surface area contributed by atoms with Crippen molar-refractivity contribution in [2.24, 2.45) is 16.6 Å². The van der Waals surface area contributed by atoms with Gasteiger partial charge in [-0.05, 0) is 12.8 Å². The molecular weight excluding hydrogens is 224 g/mol. The van der Waals surface area contributed by atoms with Crippen LogP contribution in [0, 0.1) is 5.92 Å². The SMILES string of the molecule is NC(=NCC1CSCCS1)C1CCCC1. The molecule has 0 aromatic carbocycles. The van der Waals surface area contributed by atoms with Gasteiger partial charge in [-0.2, -0.15) is 23.5 Å². The first kappa shape index (κ1) is 11.6.